The van der Waals surface area contributed by atoms with Crippen molar-refractivity contribution in [2.24, 2.45) is 34.0 Å². The summed E-state index contributed by atoms with van der Waals surface area (Å²) in [6.07, 6.45) is 7.52. The number of ketones is 2. The number of fused-ring (bicyclic) bond motifs is 5. The molecule has 0 aromatic carbocycles. The van der Waals surface area contributed by atoms with E-state index in [4.69, 9.17) is 9.47 Å². The van der Waals surface area contributed by atoms with Gasteiger partial charge in [0.2, 0.25) is 6.29 Å². The SMILES string of the molecule is CC(OCC(=O)C1CCC2(C)C3CCC4=CC(=O)C=CC4C3(C)[C@@H](O)C[C@]12C)OC(=O)CNC(=O)NCCCO[N+](=O)[O-]. The topological polar surface area (TPSA) is 183 Å². The number of hydrogen-bond donors (Lipinski definition) is 3. The third-order valence-corrected chi connectivity index (χ3v) is 10.8. The first kappa shape index (κ1) is 32.6. The molecule has 13 nitrogen and oxygen atoms in total. The Morgan fingerprint density at radius 3 is 2.65 bits per heavy atom. The third-order valence-electron chi connectivity index (χ3n) is 10.8. The lowest BCUT2D eigenvalue weighted by Crippen LogP contribution is -2.63. The Morgan fingerprint density at radius 1 is 1.19 bits per heavy atom. The summed E-state index contributed by atoms with van der Waals surface area (Å²) < 4.78 is 10.8. The molecule has 4 aliphatic rings. The predicted octanol–water partition coefficient (Wildman–Crippen LogP) is 2.64. The molecule has 43 heavy (non-hydrogen) atoms. The van der Waals surface area contributed by atoms with Crippen LogP contribution in [-0.2, 0) is 28.7 Å². The molecule has 2 amide bonds. The molecule has 8 atom stereocenters. The second kappa shape index (κ2) is 12.7. The molecule has 0 bridgehead atoms. The van der Waals surface area contributed by atoms with E-state index in [2.05, 4.69) is 36.2 Å². The number of ether oxygens (including phenoxy) is 2. The molecule has 13 heteroatoms. The summed E-state index contributed by atoms with van der Waals surface area (Å²) in [5.74, 6) is -0.996. The second-order valence-corrected chi connectivity index (χ2v) is 12.9. The maximum absolute atomic E-state index is 13.5. The molecule has 0 aromatic rings. The van der Waals surface area contributed by atoms with Gasteiger partial charge >= 0.3 is 12.0 Å². The van der Waals surface area contributed by atoms with Gasteiger partial charge in [-0.15, -0.1) is 10.1 Å². The summed E-state index contributed by atoms with van der Waals surface area (Å²) in [5.41, 5.74) is 0.0325. The molecule has 3 saturated carbocycles. The first-order chi connectivity index (χ1) is 20.2. The standard InChI is InChI=1S/C30H43N3O10/c1-18(43-26(37)16-32-27(38)31-12-5-13-42-33(39)40)41-17-23(35)22-10-11-28(2)24-9-6-19-14-20(34)7-8-21(19)30(24,4)25(36)15-29(22,28)3/h7-8,14,18,21-22,24-25,36H,5-6,9-13,15-17H2,1-4H3,(H2,31,32,38)/t18?,21?,22?,24?,25-,28?,29+,30?/m0/s1. The molecule has 3 N–H and O–H groups in total. The van der Waals surface area contributed by atoms with Crippen molar-refractivity contribution in [3.63, 3.8) is 0 Å². The molecule has 3 fully saturated rings. The summed E-state index contributed by atoms with van der Waals surface area (Å²) >= 11 is 0. The normalized spacial score (nSPS) is 35.0. The van der Waals surface area contributed by atoms with E-state index in [0.717, 1.165) is 24.8 Å². The van der Waals surface area contributed by atoms with E-state index < -0.39 is 46.9 Å². The largest absolute Gasteiger partial charge is 0.435 e. The number of hydrogen-bond acceptors (Lipinski definition) is 10. The lowest BCUT2D eigenvalue weighted by atomic mass is 9.39. The van der Waals surface area contributed by atoms with Crippen LogP contribution >= 0.6 is 0 Å². The molecule has 0 heterocycles. The van der Waals surface area contributed by atoms with Gasteiger partial charge in [0.05, 0.1) is 12.7 Å². The number of nitrogens with one attached hydrogen (secondary N) is 2. The number of allylic oxidation sites excluding steroid dienone is 4. The van der Waals surface area contributed by atoms with Gasteiger partial charge in [-0.2, -0.15) is 0 Å². The summed E-state index contributed by atoms with van der Waals surface area (Å²) in [5, 5.41) is 25.6. The van der Waals surface area contributed by atoms with Crippen LogP contribution in [0.5, 0.6) is 0 Å². The number of esters is 1. The Kier molecular flexibility index (Phi) is 9.65. The van der Waals surface area contributed by atoms with Gasteiger partial charge in [-0.3, -0.25) is 14.4 Å². The first-order valence-corrected chi connectivity index (χ1v) is 15.0. The van der Waals surface area contributed by atoms with Gasteiger partial charge in [0.1, 0.15) is 13.2 Å². The average Bonchev–Trinajstić information content (AvgIpc) is 3.20. The van der Waals surface area contributed by atoms with Crippen molar-refractivity contribution < 1.29 is 43.7 Å². The number of nitrogens with zero attached hydrogens (tertiary/aromatic N) is 1. The van der Waals surface area contributed by atoms with Gasteiger partial charge in [0.25, 0.3) is 5.09 Å². The van der Waals surface area contributed by atoms with Gasteiger partial charge in [-0.05, 0) is 74.3 Å². The van der Waals surface area contributed by atoms with Gasteiger partial charge in [-0.25, -0.2) is 4.79 Å². The van der Waals surface area contributed by atoms with Crippen molar-refractivity contribution in [2.45, 2.75) is 78.6 Å². The van der Waals surface area contributed by atoms with Gasteiger partial charge < -0.3 is 30.1 Å². The van der Waals surface area contributed by atoms with Crippen LogP contribution in [0.25, 0.3) is 0 Å². The Hall–Kier alpha value is -3.32. The maximum Gasteiger partial charge on any atom is 0.327 e. The Morgan fingerprint density at radius 2 is 1.93 bits per heavy atom. The fourth-order valence-corrected chi connectivity index (χ4v) is 8.47. The van der Waals surface area contributed by atoms with E-state index in [1.807, 2.05) is 6.08 Å². The van der Waals surface area contributed by atoms with Crippen molar-refractivity contribution in [1.82, 2.24) is 10.6 Å². The second-order valence-electron chi connectivity index (χ2n) is 12.9. The molecule has 0 aromatic heterocycles. The van der Waals surface area contributed by atoms with E-state index in [0.29, 0.717) is 12.8 Å². The van der Waals surface area contributed by atoms with Crippen LogP contribution in [0.3, 0.4) is 0 Å². The smallest absolute Gasteiger partial charge is 0.327 e. The van der Waals surface area contributed by atoms with Crippen LogP contribution in [0.2, 0.25) is 0 Å². The number of rotatable bonds is 12. The van der Waals surface area contributed by atoms with E-state index in [9.17, 15) is 34.4 Å². The predicted molar refractivity (Wildman–Crippen MR) is 152 cm³/mol. The molecule has 4 rings (SSSR count). The van der Waals surface area contributed by atoms with Gasteiger partial charge in [0, 0.05) is 23.8 Å². The number of aliphatic hydroxyl groups is 1. The Labute approximate surface area is 250 Å². The van der Waals surface area contributed by atoms with Crippen LogP contribution in [0.4, 0.5) is 4.79 Å². The highest BCUT2D eigenvalue weighted by atomic mass is 16.9. The van der Waals surface area contributed by atoms with Crippen LogP contribution in [0.15, 0.2) is 23.8 Å². The minimum absolute atomic E-state index is 0.00173. The summed E-state index contributed by atoms with van der Waals surface area (Å²) in [6, 6.07) is -0.650. The molecule has 6 unspecified atom stereocenters. The van der Waals surface area contributed by atoms with E-state index in [1.165, 1.54) is 6.92 Å². The zero-order valence-corrected chi connectivity index (χ0v) is 25.3. The molecule has 4 aliphatic carbocycles. The number of Topliss-reactive ketones (excluding diaryl/α,β-unsaturated/α-hetero) is 1. The number of aliphatic hydroxyl groups excluding tert-OH is 1. The summed E-state index contributed by atoms with van der Waals surface area (Å²) in [6.45, 7) is 7.29. The van der Waals surface area contributed by atoms with Crippen molar-refractivity contribution in [2.75, 3.05) is 26.3 Å². The molecular formula is C30H43N3O10. The molecule has 0 aliphatic heterocycles. The maximum atomic E-state index is 13.5. The van der Waals surface area contributed by atoms with E-state index in [1.54, 1.807) is 12.2 Å². The fourth-order valence-electron chi connectivity index (χ4n) is 8.47. The third kappa shape index (κ3) is 6.33. The summed E-state index contributed by atoms with van der Waals surface area (Å²) in [4.78, 5) is 63.7. The van der Waals surface area contributed by atoms with Crippen molar-refractivity contribution in [3.05, 3.63) is 33.9 Å². The van der Waals surface area contributed by atoms with Crippen molar-refractivity contribution in [1.29, 1.82) is 0 Å². The van der Waals surface area contributed by atoms with Gasteiger partial charge in [-0.1, -0.05) is 32.4 Å². The Balaban J connectivity index is 1.27. The average molecular weight is 606 g/mol. The lowest BCUT2D eigenvalue weighted by Gasteiger charge is -2.65. The zero-order chi connectivity index (χ0) is 31.6. The zero-order valence-electron chi connectivity index (χ0n) is 25.3. The van der Waals surface area contributed by atoms with Crippen LogP contribution in [-0.4, -0.2) is 72.5 Å². The summed E-state index contributed by atoms with van der Waals surface area (Å²) in [7, 11) is 0. The molecule has 238 valence electrons. The minimum Gasteiger partial charge on any atom is -0.435 e. The lowest BCUT2D eigenvalue weighted by molar-refractivity contribution is -0.757. The molecule has 0 spiro atoms. The van der Waals surface area contributed by atoms with E-state index >= 15 is 0 Å². The highest BCUT2D eigenvalue weighted by Gasteiger charge is 2.69. The van der Waals surface area contributed by atoms with E-state index in [-0.39, 0.29) is 60.9 Å². The number of carbonyl (C=O) groups is 4. The van der Waals surface area contributed by atoms with Crippen molar-refractivity contribution >= 4 is 23.6 Å². The highest BCUT2D eigenvalue weighted by Crippen LogP contribution is 2.73. The van der Waals surface area contributed by atoms with Gasteiger partial charge in [0.15, 0.2) is 11.6 Å². The number of urea groups is 1. The minimum atomic E-state index is -1.02. The van der Waals surface area contributed by atoms with Crippen LogP contribution in [0.1, 0.15) is 66.2 Å². The van der Waals surface area contributed by atoms with Crippen molar-refractivity contribution in [3.8, 4) is 0 Å². The quantitative estimate of drug-likeness (QED) is 0.0983. The number of amides is 2. The Bertz CT molecular complexity index is 1200. The monoisotopic (exact) mass is 605 g/mol. The van der Waals surface area contributed by atoms with Crippen LogP contribution < -0.4 is 10.6 Å². The number of carbonyl (C=O) groups excluding carboxylic acids is 4. The fraction of sp³-hybridized carbons (Fsp3) is 0.733. The molecular weight excluding hydrogens is 562 g/mol. The highest BCUT2D eigenvalue weighted by molar-refractivity contribution is 6.01. The van der Waals surface area contributed by atoms with Crippen LogP contribution in [0, 0.1) is 44.1 Å². The molecule has 0 saturated heterocycles. The first-order valence-electron chi connectivity index (χ1n) is 15.0. The molecule has 0 radical (unpaired) electrons.